The van der Waals surface area contributed by atoms with Gasteiger partial charge in [0.2, 0.25) is 0 Å². The molecule has 0 aliphatic carbocycles. The number of nitriles is 1. The van der Waals surface area contributed by atoms with Crippen molar-refractivity contribution in [2.24, 2.45) is 0 Å². The van der Waals surface area contributed by atoms with Crippen LogP contribution in [-0.2, 0) is 6.42 Å². The quantitative estimate of drug-likeness (QED) is 0.527. The van der Waals surface area contributed by atoms with Gasteiger partial charge >= 0.3 is 0 Å². The van der Waals surface area contributed by atoms with Gasteiger partial charge in [0, 0.05) is 23.0 Å². The average molecular weight is 378 g/mol. The van der Waals surface area contributed by atoms with Crippen molar-refractivity contribution in [1.82, 2.24) is 23.6 Å². The molecule has 4 heterocycles. The molecule has 6 nitrogen and oxygen atoms in total. The van der Waals surface area contributed by atoms with Crippen LogP contribution in [0.2, 0.25) is 0 Å². The van der Waals surface area contributed by atoms with Crippen molar-refractivity contribution in [2.75, 3.05) is 0 Å². The minimum atomic E-state index is 0.0678. The molecule has 0 bridgehead atoms. The number of hydrogen-bond acceptors (Lipinski definition) is 5. The van der Waals surface area contributed by atoms with Crippen LogP contribution in [0.25, 0.3) is 28.2 Å². The molecule has 8 heteroatoms. The fourth-order valence-electron chi connectivity index (χ4n) is 3.17. The summed E-state index contributed by atoms with van der Waals surface area (Å²) in [6.07, 6.45) is 3.96. The van der Waals surface area contributed by atoms with Gasteiger partial charge in [-0.2, -0.15) is 14.4 Å². The third-order valence-corrected chi connectivity index (χ3v) is 4.82. The fraction of sp³-hybridized carbons (Fsp3) is 0.158. The SMILES string of the molecule is CCc1c(-c2ccc3ncc(C#N)n3c2)c(-c2cccc(C)n2)nn1SF. The van der Waals surface area contributed by atoms with Crippen molar-refractivity contribution in [3.05, 3.63) is 59.8 Å². The van der Waals surface area contributed by atoms with Crippen molar-refractivity contribution in [2.45, 2.75) is 20.3 Å². The van der Waals surface area contributed by atoms with Crippen LogP contribution in [0.15, 0.2) is 42.7 Å². The van der Waals surface area contributed by atoms with Crippen LogP contribution in [-0.4, -0.2) is 23.6 Å². The van der Waals surface area contributed by atoms with E-state index in [0.717, 1.165) is 22.5 Å². The van der Waals surface area contributed by atoms with Gasteiger partial charge in [0.1, 0.15) is 23.1 Å². The molecular weight excluding hydrogens is 363 g/mol. The van der Waals surface area contributed by atoms with Crippen LogP contribution >= 0.6 is 12.3 Å². The second-order valence-electron chi connectivity index (χ2n) is 6.03. The van der Waals surface area contributed by atoms with Crippen LogP contribution in [0, 0.1) is 18.3 Å². The fourth-order valence-corrected chi connectivity index (χ4v) is 3.59. The number of rotatable bonds is 4. The number of imidazole rings is 1. The Labute approximate surface area is 159 Å². The third-order valence-electron chi connectivity index (χ3n) is 4.39. The van der Waals surface area contributed by atoms with E-state index in [4.69, 9.17) is 0 Å². The maximum absolute atomic E-state index is 13.5. The number of fused-ring (bicyclic) bond motifs is 1. The molecule has 0 atom stereocenters. The lowest BCUT2D eigenvalue weighted by Gasteiger charge is -2.07. The first-order chi connectivity index (χ1) is 13.2. The highest BCUT2D eigenvalue weighted by Crippen LogP contribution is 2.36. The second kappa shape index (κ2) is 6.85. The molecule has 4 aromatic rings. The van der Waals surface area contributed by atoms with E-state index >= 15 is 0 Å². The van der Waals surface area contributed by atoms with Crippen molar-refractivity contribution in [3.8, 4) is 28.6 Å². The molecule has 0 spiro atoms. The summed E-state index contributed by atoms with van der Waals surface area (Å²) >= 11 is 0.0678. The summed E-state index contributed by atoms with van der Waals surface area (Å²) in [5, 5.41) is 13.8. The predicted molar refractivity (Wildman–Crippen MR) is 103 cm³/mol. The zero-order chi connectivity index (χ0) is 19.0. The van der Waals surface area contributed by atoms with Gasteiger partial charge in [0.05, 0.1) is 17.6 Å². The molecule has 0 saturated carbocycles. The van der Waals surface area contributed by atoms with Gasteiger partial charge in [0.15, 0.2) is 12.3 Å². The number of hydrogen-bond donors (Lipinski definition) is 0. The van der Waals surface area contributed by atoms with Crippen LogP contribution in [0.4, 0.5) is 3.89 Å². The first-order valence-electron chi connectivity index (χ1n) is 8.38. The third kappa shape index (κ3) is 2.86. The Kier molecular flexibility index (Phi) is 4.38. The van der Waals surface area contributed by atoms with Crippen LogP contribution in [0.1, 0.15) is 24.0 Å². The van der Waals surface area contributed by atoms with Gasteiger partial charge in [-0.15, -0.1) is 3.89 Å². The molecular formula is C19H15FN6S. The van der Waals surface area contributed by atoms with Gasteiger partial charge in [-0.1, -0.05) is 13.0 Å². The van der Waals surface area contributed by atoms with Gasteiger partial charge in [0.25, 0.3) is 0 Å². The number of nitrogens with zero attached hydrogens (tertiary/aromatic N) is 6. The van der Waals surface area contributed by atoms with Gasteiger partial charge in [-0.25, -0.2) is 4.98 Å². The predicted octanol–water partition coefficient (Wildman–Crippen LogP) is 4.38. The molecule has 4 aromatic heterocycles. The maximum Gasteiger partial charge on any atom is 0.187 e. The van der Waals surface area contributed by atoms with E-state index in [2.05, 4.69) is 21.1 Å². The second-order valence-corrected chi connectivity index (χ2v) is 6.52. The molecule has 27 heavy (non-hydrogen) atoms. The lowest BCUT2D eigenvalue weighted by Crippen LogP contribution is -1.95. The highest BCUT2D eigenvalue weighted by atomic mass is 32.2. The Bertz CT molecular complexity index is 1190. The largest absolute Gasteiger partial charge is 0.291 e. The summed E-state index contributed by atoms with van der Waals surface area (Å²) in [7, 11) is 0. The summed E-state index contributed by atoms with van der Waals surface area (Å²) in [4.78, 5) is 8.78. The Hall–Kier alpha value is -3.18. The van der Waals surface area contributed by atoms with Gasteiger partial charge in [-0.05, 0) is 37.6 Å². The molecule has 0 radical (unpaired) electrons. The standard InChI is InChI=1S/C19H15FN6S/c1-3-16-18(13-7-8-17-22-10-14(9-21)25(17)11-13)19(24-26(16)27-20)15-6-4-5-12(2)23-15/h4-8,10-11H,3H2,1-2H3. The van der Waals surface area contributed by atoms with Crippen molar-refractivity contribution in [1.29, 1.82) is 5.26 Å². The smallest absolute Gasteiger partial charge is 0.187 e. The van der Waals surface area contributed by atoms with Gasteiger partial charge < -0.3 is 0 Å². The highest BCUT2D eigenvalue weighted by Gasteiger charge is 2.22. The zero-order valence-corrected chi connectivity index (χ0v) is 15.5. The summed E-state index contributed by atoms with van der Waals surface area (Å²) < 4.78 is 16.6. The Balaban J connectivity index is 2.01. The highest BCUT2D eigenvalue weighted by molar-refractivity contribution is 7.92. The molecule has 4 rings (SSSR count). The van der Waals surface area contributed by atoms with Crippen LogP contribution in [0.5, 0.6) is 0 Å². The Morgan fingerprint density at radius 1 is 1.26 bits per heavy atom. The number of halogens is 1. The molecule has 0 amide bonds. The first kappa shape index (κ1) is 17.2. The van der Waals surface area contributed by atoms with E-state index in [-0.39, 0.29) is 12.3 Å². The number of pyridine rings is 2. The van der Waals surface area contributed by atoms with Crippen molar-refractivity contribution in [3.63, 3.8) is 0 Å². The summed E-state index contributed by atoms with van der Waals surface area (Å²) in [5.41, 5.74) is 5.64. The number of aryl methyl sites for hydroxylation is 1. The van der Waals surface area contributed by atoms with Crippen molar-refractivity contribution >= 4 is 18.0 Å². The molecule has 0 aliphatic rings. The molecule has 0 aliphatic heterocycles. The first-order valence-corrected chi connectivity index (χ1v) is 9.06. The van der Waals surface area contributed by atoms with E-state index in [1.807, 2.05) is 50.4 Å². The number of aromatic nitrogens is 5. The molecule has 0 unspecified atom stereocenters. The summed E-state index contributed by atoms with van der Waals surface area (Å²) in [6.45, 7) is 3.86. The normalized spacial score (nSPS) is 11.0. The lowest BCUT2D eigenvalue weighted by atomic mass is 10.0. The minimum Gasteiger partial charge on any atom is -0.291 e. The molecule has 134 valence electrons. The van der Waals surface area contributed by atoms with Gasteiger partial charge in [-0.3, -0.25) is 9.38 Å². The van der Waals surface area contributed by atoms with Crippen LogP contribution < -0.4 is 0 Å². The molecule has 0 saturated heterocycles. The molecule has 0 fully saturated rings. The Morgan fingerprint density at radius 3 is 2.81 bits per heavy atom. The van der Waals surface area contributed by atoms with Crippen LogP contribution in [0.3, 0.4) is 0 Å². The monoisotopic (exact) mass is 378 g/mol. The van der Waals surface area contributed by atoms with E-state index in [1.54, 1.807) is 4.40 Å². The maximum atomic E-state index is 13.5. The Morgan fingerprint density at radius 2 is 2.11 bits per heavy atom. The molecule has 0 aromatic carbocycles. The topological polar surface area (TPSA) is 71.8 Å². The lowest BCUT2D eigenvalue weighted by molar-refractivity contribution is 0.845. The summed E-state index contributed by atoms with van der Waals surface area (Å²) in [5.74, 6) is 0. The van der Waals surface area contributed by atoms with E-state index in [0.29, 0.717) is 29.1 Å². The molecule has 0 N–H and O–H groups in total. The summed E-state index contributed by atoms with van der Waals surface area (Å²) in [6, 6.07) is 11.5. The van der Waals surface area contributed by atoms with E-state index in [1.165, 1.54) is 10.3 Å². The van der Waals surface area contributed by atoms with E-state index in [9.17, 15) is 9.15 Å². The van der Waals surface area contributed by atoms with Crippen molar-refractivity contribution < 1.29 is 3.89 Å². The average Bonchev–Trinajstić information content (AvgIpc) is 3.27. The zero-order valence-electron chi connectivity index (χ0n) is 14.7. The van der Waals surface area contributed by atoms with E-state index < -0.39 is 0 Å². The minimum absolute atomic E-state index is 0.0678.